The number of nitrogens with one attached hydrogen (secondary N) is 1. The Morgan fingerprint density at radius 2 is 2.18 bits per heavy atom. The fraction of sp³-hybridized carbons (Fsp3) is 0.438. The maximum Gasteiger partial charge on any atom is 0.244 e. The maximum absolute atomic E-state index is 12.5. The number of hydrogen-bond acceptors (Lipinski definition) is 3. The Kier molecular flexibility index (Phi) is 5.03. The molecule has 1 unspecified atom stereocenters. The van der Waals surface area contributed by atoms with Crippen molar-refractivity contribution >= 4 is 34.8 Å². The van der Waals surface area contributed by atoms with Crippen LogP contribution in [-0.2, 0) is 9.53 Å². The van der Waals surface area contributed by atoms with Gasteiger partial charge in [-0.2, -0.15) is 0 Å². The molecule has 1 amide bonds. The zero-order valence-electron chi connectivity index (χ0n) is 12.1. The number of anilines is 1. The van der Waals surface area contributed by atoms with E-state index in [-0.39, 0.29) is 11.9 Å². The van der Waals surface area contributed by atoms with Crippen LogP contribution in [0.25, 0.3) is 0 Å². The van der Waals surface area contributed by atoms with E-state index < -0.39 is 0 Å². The summed E-state index contributed by atoms with van der Waals surface area (Å²) in [7, 11) is 0. The van der Waals surface area contributed by atoms with Gasteiger partial charge in [-0.05, 0) is 36.6 Å². The first-order valence-electron chi connectivity index (χ1n) is 7.40. The van der Waals surface area contributed by atoms with E-state index >= 15 is 0 Å². The van der Waals surface area contributed by atoms with E-state index in [1.807, 2.05) is 6.07 Å². The van der Waals surface area contributed by atoms with E-state index in [0.717, 1.165) is 25.1 Å². The highest BCUT2D eigenvalue weighted by Gasteiger charge is 2.32. The fourth-order valence-electron chi connectivity index (χ4n) is 2.76. The van der Waals surface area contributed by atoms with Crippen molar-refractivity contribution in [3.8, 4) is 0 Å². The molecule has 1 aromatic rings. The molecule has 2 aliphatic heterocycles. The number of ether oxygens (including phenoxy) is 1. The van der Waals surface area contributed by atoms with Gasteiger partial charge in [0.2, 0.25) is 5.91 Å². The molecule has 1 atom stereocenters. The topological polar surface area (TPSA) is 41.6 Å². The quantitative estimate of drug-likeness (QED) is 0.856. The van der Waals surface area contributed by atoms with Crippen molar-refractivity contribution in [1.29, 1.82) is 0 Å². The average Bonchev–Trinajstić information content (AvgIpc) is 2.90. The van der Waals surface area contributed by atoms with Crippen molar-refractivity contribution in [2.24, 2.45) is 0 Å². The Hall–Kier alpha value is -1.07. The van der Waals surface area contributed by atoms with Gasteiger partial charge in [-0.3, -0.25) is 4.79 Å². The summed E-state index contributed by atoms with van der Waals surface area (Å²) in [6, 6.07) is 5.13. The van der Waals surface area contributed by atoms with Crippen LogP contribution < -0.4 is 10.2 Å². The lowest BCUT2D eigenvalue weighted by Gasteiger charge is -2.19. The Morgan fingerprint density at radius 1 is 1.32 bits per heavy atom. The SMILES string of the molecule is O=C1C(NCC2=CCCOC2)CCN1c1ccc(Cl)c(Cl)c1. The molecule has 0 spiro atoms. The number of amides is 1. The van der Waals surface area contributed by atoms with E-state index in [1.54, 1.807) is 17.0 Å². The predicted octanol–water partition coefficient (Wildman–Crippen LogP) is 3.04. The van der Waals surface area contributed by atoms with E-state index in [9.17, 15) is 4.79 Å². The number of rotatable bonds is 4. The van der Waals surface area contributed by atoms with E-state index in [0.29, 0.717) is 29.7 Å². The lowest BCUT2D eigenvalue weighted by molar-refractivity contribution is -0.118. The highest BCUT2D eigenvalue weighted by atomic mass is 35.5. The summed E-state index contributed by atoms with van der Waals surface area (Å²) < 4.78 is 5.41. The lowest BCUT2D eigenvalue weighted by Crippen LogP contribution is -2.39. The third kappa shape index (κ3) is 3.46. The number of carbonyl (C=O) groups is 1. The number of carbonyl (C=O) groups excluding carboxylic acids is 1. The van der Waals surface area contributed by atoms with Gasteiger partial charge in [-0.25, -0.2) is 0 Å². The minimum atomic E-state index is -0.155. The van der Waals surface area contributed by atoms with Crippen molar-refractivity contribution in [3.05, 3.63) is 39.9 Å². The predicted molar refractivity (Wildman–Crippen MR) is 88.7 cm³/mol. The summed E-state index contributed by atoms with van der Waals surface area (Å²) in [6.45, 7) is 2.83. The van der Waals surface area contributed by atoms with Crippen LogP contribution in [0.4, 0.5) is 5.69 Å². The second kappa shape index (κ2) is 7.01. The zero-order chi connectivity index (χ0) is 15.5. The van der Waals surface area contributed by atoms with E-state index in [2.05, 4.69) is 11.4 Å². The molecular formula is C16H18Cl2N2O2. The summed E-state index contributed by atoms with van der Waals surface area (Å²) in [4.78, 5) is 14.3. The highest BCUT2D eigenvalue weighted by Crippen LogP contribution is 2.29. The van der Waals surface area contributed by atoms with Gasteiger partial charge in [0.15, 0.2) is 0 Å². The van der Waals surface area contributed by atoms with Gasteiger partial charge >= 0.3 is 0 Å². The largest absolute Gasteiger partial charge is 0.377 e. The van der Waals surface area contributed by atoms with Crippen LogP contribution in [0.2, 0.25) is 10.0 Å². The molecule has 0 saturated carbocycles. The molecule has 2 aliphatic rings. The monoisotopic (exact) mass is 340 g/mol. The normalized spacial score (nSPS) is 22.1. The summed E-state index contributed by atoms with van der Waals surface area (Å²) in [5.41, 5.74) is 2.01. The van der Waals surface area contributed by atoms with Gasteiger partial charge in [0, 0.05) is 18.8 Å². The smallest absolute Gasteiger partial charge is 0.244 e. The number of nitrogens with zero attached hydrogens (tertiary/aromatic N) is 1. The maximum atomic E-state index is 12.5. The van der Waals surface area contributed by atoms with Crippen LogP contribution in [0.1, 0.15) is 12.8 Å². The standard InChI is InChI=1S/C16H18Cl2N2O2/c17-13-4-3-12(8-14(13)18)20-6-5-15(16(20)21)19-9-11-2-1-7-22-10-11/h2-4,8,15,19H,1,5-7,9-10H2. The highest BCUT2D eigenvalue weighted by molar-refractivity contribution is 6.42. The third-order valence-electron chi connectivity index (χ3n) is 3.98. The van der Waals surface area contributed by atoms with Crippen molar-refractivity contribution in [2.75, 3.05) is 31.2 Å². The molecule has 0 radical (unpaired) electrons. The molecule has 0 aliphatic carbocycles. The number of halogens is 2. The van der Waals surface area contributed by atoms with Gasteiger partial charge in [-0.1, -0.05) is 29.3 Å². The molecule has 1 aromatic carbocycles. The molecule has 2 heterocycles. The molecule has 22 heavy (non-hydrogen) atoms. The number of hydrogen-bond donors (Lipinski definition) is 1. The minimum absolute atomic E-state index is 0.0794. The zero-order valence-corrected chi connectivity index (χ0v) is 13.7. The Balaban J connectivity index is 1.61. The van der Waals surface area contributed by atoms with Crippen molar-refractivity contribution < 1.29 is 9.53 Å². The van der Waals surface area contributed by atoms with Crippen molar-refractivity contribution in [2.45, 2.75) is 18.9 Å². The Bertz CT molecular complexity index is 604. The minimum Gasteiger partial charge on any atom is -0.377 e. The molecule has 1 saturated heterocycles. The first-order chi connectivity index (χ1) is 10.6. The third-order valence-corrected chi connectivity index (χ3v) is 4.72. The first-order valence-corrected chi connectivity index (χ1v) is 8.16. The van der Waals surface area contributed by atoms with E-state index in [4.69, 9.17) is 27.9 Å². The molecule has 0 bridgehead atoms. The number of benzene rings is 1. The van der Waals surface area contributed by atoms with Crippen LogP contribution in [0.3, 0.4) is 0 Å². The van der Waals surface area contributed by atoms with Gasteiger partial charge in [0.25, 0.3) is 0 Å². The Labute approximate surface area is 140 Å². The average molecular weight is 341 g/mol. The summed E-state index contributed by atoms with van der Waals surface area (Å²) in [6.07, 6.45) is 3.92. The summed E-state index contributed by atoms with van der Waals surface area (Å²) in [5.74, 6) is 0.0794. The van der Waals surface area contributed by atoms with Crippen molar-refractivity contribution in [3.63, 3.8) is 0 Å². The molecule has 1 N–H and O–H groups in total. The van der Waals surface area contributed by atoms with Gasteiger partial charge in [-0.15, -0.1) is 0 Å². The second-order valence-corrected chi connectivity index (χ2v) is 6.33. The molecule has 3 rings (SSSR count). The van der Waals surface area contributed by atoms with Crippen LogP contribution >= 0.6 is 23.2 Å². The second-order valence-electron chi connectivity index (χ2n) is 5.51. The van der Waals surface area contributed by atoms with E-state index in [1.165, 1.54) is 5.57 Å². The first kappa shape index (κ1) is 15.8. The molecule has 1 fully saturated rings. The van der Waals surface area contributed by atoms with Gasteiger partial charge in [0.05, 0.1) is 29.3 Å². The molecular weight excluding hydrogens is 323 g/mol. The van der Waals surface area contributed by atoms with Crippen LogP contribution in [0, 0.1) is 0 Å². The molecule has 4 nitrogen and oxygen atoms in total. The summed E-state index contributed by atoms with van der Waals surface area (Å²) in [5, 5.41) is 4.29. The van der Waals surface area contributed by atoms with Crippen LogP contribution in [0.15, 0.2) is 29.8 Å². The fourth-order valence-corrected chi connectivity index (χ4v) is 3.06. The lowest BCUT2D eigenvalue weighted by atomic mass is 10.1. The van der Waals surface area contributed by atoms with Crippen molar-refractivity contribution in [1.82, 2.24) is 5.32 Å². The Morgan fingerprint density at radius 3 is 2.91 bits per heavy atom. The molecule has 6 heteroatoms. The van der Waals surface area contributed by atoms with Gasteiger partial charge in [0.1, 0.15) is 0 Å². The van der Waals surface area contributed by atoms with Crippen LogP contribution in [0.5, 0.6) is 0 Å². The van der Waals surface area contributed by atoms with Crippen LogP contribution in [-0.4, -0.2) is 38.3 Å². The van der Waals surface area contributed by atoms with Gasteiger partial charge < -0.3 is 15.0 Å². The molecule has 0 aromatic heterocycles. The summed E-state index contributed by atoms with van der Waals surface area (Å²) >= 11 is 12.0. The molecule has 118 valence electrons.